The second kappa shape index (κ2) is 6.37. The van der Waals surface area contributed by atoms with Crippen molar-refractivity contribution >= 4 is 16.9 Å². The number of aryl methyl sites for hydroxylation is 1. The van der Waals surface area contributed by atoms with Gasteiger partial charge in [0.25, 0.3) is 5.91 Å². The van der Waals surface area contributed by atoms with Gasteiger partial charge in [0.1, 0.15) is 5.58 Å². The molecule has 2 aromatic rings. The van der Waals surface area contributed by atoms with Crippen molar-refractivity contribution in [1.82, 2.24) is 10.9 Å². The number of carbonyl (C=O) groups is 1. The molecular formula is C16H18N2O3. The molecule has 0 radical (unpaired) electrons. The molecule has 0 saturated carbocycles. The fourth-order valence-corrected chi connectivity index (χ4v) is 1.98. The van der Waals surface area contributed by atoms with Gasteiger partial charge in [0.15, 0.2) is 0 Å². The van der Waals surface area contributed by atoms with Gasteiger partial charge in [-0.3, -0.25) is 10.2 Å². The van der Waals surface area contributed by atoms with E-state index in [1.807, 2.05) is 25.1 Å². The van der Waals surface area contributed by atoms with Crippen molar-refractivity contribution < 1.29 is 9.21 Å². The molecule has 0 bridgehead atoms. The number of nitrogens with one attached hydrogen (secondary N) is 2. The third-order valence-electron chi connectivity index (χ3n) is 3.14. The van der Waals surface area contributed by atoms with Crippen LogP contribution in [0.4, 0.5) is 0 Å². The molecule has 0 saturated heterocycles. The van der Waals surface area contributed by atoms with Crippen molar-refractivity contribution in [3.05, 3.63) is 58.0 Å². The van der Waals surface area contributed by atoms with E-state index in [4.69, 9.17) is 4.42 Å². The molecule has 0 aliphatic rings. The molecule has 1 heterocycles. The predicted octanol–water partition coefficient (Wildman–Crippen LogP) is 1.84. The summed E-state index contributed by atoms with van der Waals surface area (Å²) in [6, 6.07) is 7.26. The summed E-state index contributed by atoms with van der Waals surface area (Å²) in [7, 11) is 0. The van der Waals surface area contributed by atoms with Gasteiger partial charge in [0.05, 0.1) is 0 Å². The first-order chi connectivity index (χ1) is 9.97. The van der Waals surface area contributed by atoms with Gasteiger partial charge in [-0.15, -0.1) is 0 Å². The van der Waals surface area contributed by atoms with Crippen LogP contribution in [0.3, 0.4) is 0 Å². The molecule has 1 aromatic heterocycles. The molecule has 1 aromatic carbocycles. The minimum Gasteiger partial charge on any atom is -0.423 e. The van der Waals surface area contributed by atoms with Gasteiger partial charge in [0.2, 0.25) is 0 Å². The summed E-state index contributed by atoms with van der Waals surface area (Å²) >= 11 is 0. The highest BCUT2D eigenvalue weighted by Gasteiger charge is 2.04. The van der Waals surface area contributed by atoms with E-state index >= 15 is 0 Å². The van der Waals surface area contributed by atoms with Crippen LogP contribution < -0.4 is 16.5 Å². The normalized spacial score (nSPS) is 10.6. The zero-order valence-corrected chi connectivity index (χ0v) is 12.2. The fraction of sp³-hybridized carbons (Fsp3) is 0.250. The summed E-state index contributed by atoms with van der Waals surface area (Å²) in [5.74, 6) is -0.227. The highest BCUT2D eigenvalue weighted by Crippen LogP contribution is 2.18. The molecule has 5 heteroatoms. The smallest absolute Gasteiger partial charge is 0.336 e. The lowest BCUT2D eigenvalue weighted by Gasteiger charge is -2.07. The van der Waals surface area contributed by atoms with E-state index in [0.717, 1.165) is 16.5 Å². The maximum Gasteiger partial charge on any atom is 0.336 e. The number of fused-ring (bicyclic) bond motifs is 1. The molecule has 0 atom stereocenters. The summed E-state index contributed by atoms with van der Waals surface area (Å²) in [6.45, 7) is 7.64. The van der Waals surface area contributed by atoms with Gasteiger partial charge in [-0.25, -0.2) is 10.2 Å². The van der Waals surface area contributed by atoms with Crippen molar-refractivity contribution in [3.8, 4) is 0 Å². The van der Waals surface area contributed by atoms with Crippen LogP contribution >= 0.6 is 0 Å². The largest absolute Gasteiger partial charge is 0.423 e. The van der Waals surface area contributed by atoms with Crippen LogP contribution in [0.5, 0.6) is 0 Å². The third kappa shape index (κ3) is 3.79. The Balaban J connectivity index is 2.02. The van der Waals surface area contributed by atoms with Crippen LogP contribution in [-0.4, -0.2) is 12.5 Å². The molecule has 0 unspecified atom stereocenters. The van der Waals surface area contributed by atoms with E-state index in [2.05, 4.69) is 17.4 Å². The molecular weight excluding hydrogens is 268 g/mol. The molecule has 110 valence electrons. The van der Waals surface area contributed by atoms with E-state index in [0.29, 0.717) is 24.1 Å². The quantitative estimate of drug-likeness (QED) is 0.381. The maximum atomic E-state index is 11.4. The molecule has 2 N–H and O–H groups in total. The first kappa shape index (κ1) is 15.0. The Hall–Kier alpha value is -2.40. The number of hydrogen-bond acceptors (Lipinski definition) is 4. The SMILES string of the molecule is C=C(C)C(=O)NNCCc1ccc2c(C)cc(=O)oc2c1. The Morgan fingerprint density at radius 2 is 2.10 bits per heavy atom. The summed E-state index contributed by atoms with van der Waals surface area (Å²) in [6.07, 6.45) is 0.698. The van der Waals surface area contributed by atoms with E-state index in [-0.39, 0.29) is 11.5 Å². The van der Waals surface area contributed by atoms with Crippen LogP contribution in [0.25, 0.3) is 11.0 Å². The maximum absolute atomic E-state index is 11.4. The summed E-state index contributed by atoms with van der Waals surface area (Å²) in [5, 5.41) is 0.932. The van der Waals surface area contributed by atoms with Crippen LogP contribution in [0, 0.1) is 6.92 Å². The lowest BCUT2D eigenvalue weighted by molar-refractivity contribution is -0.118. The van der Waals surface area contributed by atoms with Gasteiger partial charge in [-0.05, 0) is 37.5 Å². The monoisotopic (exact) mass is 286 g/mol. The standard InChI is InChI=1S/C16H18N2O3/c1-10(2)16(20)18-17-7-6-12-4-5-13-11(3)8-15(19)21-14(13)9-12/h4-5,8-9,17H,1,6-7H2,2-3H3,(H,18,20). The van der Waals surface area contributed by atoms with Crippen molar-refractivity contribution in [2.75, 3.05) is 6.54 Å². The molecule has 0 aliphatic carbocycles. The van der Waals surface area contributed by atoms with Crippen molar-refractivity contribution in [3.63, 3.8) is 0 Å². The Morgan fingerprint density at radius 3 is 2.81 bits per heavy atom. The van der Waals surface area contributed by atoms with Crippen LogP contribution in [0.15, 0.2) is 45.6 Å². The fourth-order valence-electron chi connectivity index (χ4n) is 1.98. The molecule has 5 nitrogen and oxygen atoms in total. The third-order valence-corrected chi connectivity index (χ3v) is 3.14. The molecule has 1 amide bonds. The van der Waals surface area contributed by atoms with Crippen LogP contribution in [0.2, 0.25) is 0 Å². The topological polar surface area (TPSA) is 71.3 Å². The van der Waals surface area contributed by atoms with E-state index in [1.165, 1.54) is 6.07 Å². The van der Waals surface area contributed by atoms with Gasteiger partial charge < -0.3 is 4.42 Å². The molecule has 0 aliphatic heterocycles. The molecule has 0 fully saturated rings. The Morgan fingerprint density at radius 1 is 1.33 bits per heavy atom. The second-order valence-electron chi connectivity index (χ2n) is 4.99. The number of hydrazine groups is 1. The highest BCUT2D eigenvalue weighted by atomic mass is 16.4. The lowest BCUT2D eigenvalue weighted by Crippen LogP contribution is -2.38. The highest BCUT2D eigenvalue weighted by molar-refractivity contribution is 5.91. The average molecular weight is 286 g/mol. The number of benzene rings is 1. The number of amides is 1. The second-order valence-corrected chi connectivity index (χ2v) is 4.99. The molecule has 0 spiro atoms. The Kier molecular flexibility index (Phi) is 4.55. The van der Waals surface area contributed by atoms with Crippen molar-refractivity contribution in [1.29, 1.82) is 0 Å². The zero-order chi connectivity index (χ0) is 15.4. The van der Waals surface area contributed by atoms with Crippen LogP contribution in [-0.2, 0) is 11.2 Å². The van der Waals surface area contributed by atoms with Gasteiger partial charge >= 0.3 is 5.63 Å². The summed E-state index contributed by atoms with van der Waals surface area (Å²) in [4.78, 5) is 22.7. The number of carbonyl (C=O) groups excluding carboxylic acids is 1. The summed E-state index contributed by atoms with van der Waals surface area (Å²) in [5.41, 5.74) is 8.00. The Labute approximate surface area is 122 Å². The molecule has 2 rings (SSSR count). The first-order valence-electron chi connectivity index (χ1n) is 6.69. The Bertz CT molecular complexity index is 747. The van der Waals surface area contributed by atoms with Gasteiger partial charge in [0, 0.05) is 23.6 Å². The average Bonchev–Trinajstić information content (AvgIpc) is 2.42. The zero-order valence-electron chi connectivity index (χ0n) is 12.2. The predicted molar refractivity (Wildman–Crippen MR) is 81.9 cm³/mol. The first-order valence-corrected chi connectivity index (χ1v) is 6.69. The van der Waals surface area contributed by atoms with Gasteiger partial charge in [-0.1, -0.05) is 18.7 Å². The van der Waals surface area contributed by atoms with Crippen LogP contribution in [0.1, 0.15) is 18.1 Å². The number of hydrogen-bond donors (Lipinski definition) is 2. The van der Waals surface area contributed by atoms with E-state index in [9.17, 15) is 9.59 Å². The van der Waals surface area contributed by atoms with E-state index < -0.39 is 0 Å². The minimum absolute atomic E-state index is 0.227. The van der Waals surface area contributed by atoms with Crippen molar-refractivity contribution in [2.45, 2.75) is 20.3 Å². The van der Waals surface area contributed by atoms with Crippen molar-refractivity contribution in [2.24, 2.45) is 0 Å². The minimum atomic E-state index is -0.344. The number of rotatable bonds is 5. The lowest BCUT2D eigenvalue weighted by atomic mass is 10.1. The molecule has 21 heavy (non-hydrogen) atoms. The summed E-state index contributed by atoms with van der Waals surface area (Å²) < 4.78 is 5.20. The van der Waals surface area contributed by atoms with Gasteiger partial charge in [-0.2, -0.15) is 0 Å². The van der Waals surface area contributed by atoms with E-state index in [1.54, 1.807) is 6.92 Å².